The van der Waals surface area contributed by atoms with Crippen LogP contribution in [0.2, 0.25) is 0 Å². The molecule has 0 atom stereocenters. The number of nitrogens with zero attached hydrogens (tertiary/aromatic N) is 1. The summed E-state index contributed by atoms with van der Waals surface area (Å²) in [7, 11) is 0. The first kappa shape index (κ1) is 15.2. The lowest BCUT2D eigenvalue weighted by Gasteiger charge is -2.14. The quantitative estimate of drug-likeness (QED) is 0.373. The van der Waals surface area contributed by atoms with E-state index in [2.05, 4.69) is 96.4 Å². The van der Waals surface area contributed by atoms with Crippen LogP contribution in [0.15, 0.2) is 85.0 Å². The van der Waals surface area contributed by atoms with Gasteiger partial charge in [0, 0.05) is 16.5 Å². The number of allylic oxidation sites excluding steroid dienone is 4. The first-order valence-corrected chi connectivity index (χ1v) is 9.28. The van der Waals surface area contributed by atoms with Crippen molar-refractivity contribution in [2.75, 3.05) is 0 Å². The van der Waals surface area contributed by atoms with E-state index in [1.165, 1.54) is 44.2 Å². The lowest BCUT2D eigenvalue weighted by Crippen LogP contribution is -1.98. The molecular weight excluding hydrogens is 314 g/mol. The third-order valence-electron chi connectivity index (χ3n) is 5.31. The lowest BCUT2D eigenvalue weighted by molar-refractivity contribution is 0.979. The molecule has 4 aromatic rings. The highest BCUT2D eigenvalue weighted by molar-refractivity contribution is 6.16. The Hall–Kier alpha value is -3.06. The van der Waals surface area contributed by atoms with Crippen molar-refractivity contribution in [2.24, 2.45) is 0 Å². The summed E-state index contributed by atoms with van der Waals surface area (Å²) in [5.74, 6) is 0. The Labute approximate surface area is 153 Å². The van der Waals surface area contributed by atoms with E-state index in [0.717, 1.165) is 12.8 Å². The van der Waals surface area contributed by atoms with Crippen molar-refractivity contribution in [1.82, 2.24) is 4.57 Å². The molecule has 0 saturated heterocycles. The van der Waals surface area contributed by atoms with Crippen LogP contribution in [-0.2, 0) is 0 Å². The van der Waals surface area contributed by atoms with Crippen LogP contribution in [0.1, 0.15) is 18.4 Å². The van der Waals surface area contributed by atoms with Crippen molar-refractivity contribution >= 4 is 27.5 Å². The van der Waals surface area contributed by atoms with Crippen molar-refractivity contribution in [3.05, 3.63) is 90.5 Å². The second-order valence-corrected chi connectivity index (χ2v) is 7.05. The molecule has 0 unspecified atom stereocenters. The molecule has 26 heavy (non-hydrogen) atoms. The molecule has 1 aliphatic carbocycles. The Morgan fingerprint density at radius 2 is 1.69 bits per heavy atom. The predicted molar refractivity (Wildman–Crippen MR) is 112 cm³/mol. The minimum absolute atomic E-state index is 1.08. The van der Waals surface area contributed by atoms with Crippen molar-refractivity contribution in [3.63, 3.8) is 0 Å². The molecular formula is C25H21N. The van der Waals surface area contributed by atoms with E-state index in [1.54, 1.807) is 0 Å². The molecule has 0 fully saturated rings. The molecule has 3 aromatic carbocycles. The van der Waals surface area contributed by atoms with Gasteiger partial charge in [-0.15, -0.1) is 0 Å². The highest BCUT2D eigenvalue weighted by Crippen LogP contribution is 2.39. The molecule has 1 aromatic heterocycles. The van der Waals surface area contributed by atoms with Crippen LogP contribution in [0.3, 0.4) is 0 Å². The lowest BCUT2D eigenvalue weighted by atomic mass is 9.98. The number of benzene rings is 3. The Bertz CT molecular complexity index is 1190. The van der Waals surface area contributed by atoms with E-state index >= 15 is 0 Å². The van der Waals surface area contributed by atoms with Crippen LogP contribution in [0, 0.1) is 6.92 Å². The fourth-order valence-corrected chi connectivity index (χ4v) is 4.16. The maximum absolute atomic E-state index is 2.45. The SMILES string of the molecule is Cc1cccc(-c2cccc3c2c2ccccc2n3C2=CC=CCC2)c1. The van der Waals surface area contributed by atoms with Gasteiger partial charge in [-0.25, -0.2) is 0 Å². The van der Waals surface area contributed by atoms with E-state index < -0.39 is 0 Å². The third-order valence-corrected chi connectivity index (χ3v) is 5.31. The van der Waals surface area contributed by atoms with Gasteiger partial charge in [0.15, 0.2) is 0 Å². The number of aromatic nitrogens is 1. The topological polar surface area (TPSA) is 4.93 Å². The predicted octanol–water partition coefficient (Wildman–Crippen LogP) is 6.96. The van der Waals surface area contributed by atoms with E-state index in [1.807, 2.05) is 0 Å². The number of para-hydroxylation sites is 1. The summed E-state index contributed by atoms with van der Waals surface area (Å²) in [6.07, 6.45) is 8.88. The van der Waals surface area contributed by atoms with Gasteiger partial charge < -0.3 is 4.57 Å². The molecule has 0 saturated carbocycles. The fourth-order valence-electron chi connectivity index (χ4n) is 4.16. The van der Waals surface area contributed by atoms with Gasteiger partial charge in [-0.3, -0.25) is 0 Å². The third kappa shape index (κ3) is 2.32. The van der Waals surface area contributed by atoms with Crippen molar-refractivity contribution in [3.8, 4) is 11.1 Å². The molecule has 1 nitrogen and oxygen atoms in total. The number of rotatable bonds is 2. The minimum atomic E-state index is 1.08. The van der Waals surface area contributed by atoms with Gasteiger partial charge in [-0.05, 0) is 49.1 Å². The van der Waals surface area contributed by atoms with Gasteiger partial charge in [0.1, 0.15) is 0 Å². The smallest absolute Gasteiger partial charge is 0.0544 e. The molecule has 1 heteroatoms. The summed E-state index contributed by atoms with van der Waals surface area (Å²) in [6.45, 7) is 2.16. The number of hydrogen-bond acceptors (Lipinski definition) is 0. The molecule has 0 amide bonds. The highest BCUT2D eigenvalue weighted by atomic mass is 15.0. The van der Waals surface area contributed by atoms with Gasteiger partial charge in [-0.1, -0.05) is 72.3 Å². The molecule has 0 N–H and O–H groups in total. The first-order chi connectivity index (χ1) is 12.8. The summed E-state index contributed by atoms with van der Waals surface area (Å²) < 4.78 is 2.45. The Morgan fingerprint density at radius 3 is 2.54 bits per heavy atom. The second-order valence-electron chi connectivity index (χ2n) is 7.05. The minimum Gasteiger partial charge on any atom is -0.313 e. The van der Waals surface area contributed by atoms with E-state index in [0.29, 0.717) is 0 Å². The maximum atomic E-state index is 2.45. The van der Waals surface area contributed by atoms with E-state index in [9.17, 15) is 0 Å². The van der Waals surface area contributed by atoms with Crippen molar-refractivity contribution < 1.29 is 0 Å². The molecule has 1 aliphatic rings. The van der Waals surface area contributed by atoms with Crippen LogP contribution in [-0.4, -0.2) is 4.57 Å². The van der Waals surface area contributed by atoms with Crippen LogP contribution in [0.5, 0.6) is 0 Å². The molecule has 0 aliphatic heterocycles. The molecule has 0 spiro atoms. The molecule has 0 bridgehead atoms. The van der Waals surface area contributed by atoms with Crippen LogP contribution >= 0.6 is 0 Å². The fraction of sp³-hybridized carbons (Fsp3) is 0.120. The van der Waals surface area contributed by atoms with Gasteiger partial charge in [-0.2, -0.15) is 0 Å². The number of hydrogen-bond donors (Lipinski definition) is 0. The van der Waals surface area contributed by atoms with Gasteiger partial charge in [0.2, 0.25) is 0 Å². The second kappa shape index (κ2) is 6.03. The molecule has 0 radical (unpaired) electrons. The average molecular weight is 335 g/mol. The summed E-state index contributed by atoms with van der Waals surface area (Å²) in [5, 5.41) is 2.68. The Kier molecular flexibility index (Phi) is 3.53. The maximum Gasteiger partial charge on any atom is 0.0544 e. The Morgan fingerprint density at radius 1 is 0.846 bits per heavy atom. The van der Waals surface area contributed by atoms with E-state index in [-0.39, 0.29) is 0 Å². The Balaban J connectivity index is 1.91. The summed E-state index contributed by atoms with van der Waals surface area (Å²) >= 11 is 0. The van der Waals surface area contributed by atoms with Crippen LogP contribution in [0.4, 0.5) is 0 Å². The summed E-state index contributed by atoms with van der Waals surface area (Å²) in [4.78, 5) is 0. The van der Waals surface area contributed by atoms with Gasteiger partial charge >= 0.3 is 0 Å². The highest BCUT2D eigenvalue weighted by Gasteiger charge is 2.16. The van der Waals surface area contributed by atoms with Crippen LogP contribution < -0.4 is 0 Å². The zero-order valence-corrected chi connectivity index (χ0v) is 14.9. The van der Waals surface area contributed by atoms with E-state index in [4.69, 9.17) is 0 Å². The van der Waals surface area contributed by atoms with Gasteiger partial charge in [0.05, 0.1) is 11.0 Å². The van der Waals surface area contributed by atoms with Crippen molar-refractivity contribution in [2.45, 2.75) is 19.8 Å². The summed E-state index contributed by atoms with van der Waals surface area (Å²) in [6, 6.07) is 24.3. The average Bonchev–Trinajstić information content (AvgIpc) is 3.03. The summed E-state index contributed by atoms with van der Waals surface area (Å²) in [5.41, 5.74) is 7.86. The standard InChI is InChI=1S/C25H21N/c1-18-9-7-10-19(17-18)21-14-8-16-24-25(21)22-13-5-6-15-23(22)26(24)20-11-3-2-4-12-20/h2-3,5-11,13-17H,4,12H2,1H3. The monoisotopic (exact) mass is 335 g/mol. The molecule has 126 valence electrons. The molecule has 1 heterocycles. The molecule has 5 rings (SSSR count). The number of fused-ring (bicyclic) bond motifs is 3. The zero-order chi connectivity index (χ0) is 17.5. The van der Waals surface area contributed by atoms with Crippen molar-refractivity contribution in [1.29, 1.82) is 0 Å². The first-order valence-electron chi connectivity index (χ1n) is 9.28. The van der Waals surface area contributed by atoms with Crippen LogP contribution in [0.25, 0.3) is 38.6 Å². The van der Waals surface area contributed by atoms with Gasteiger partial charge in [0.25, 0.3) is 0 Å². The number of aryl methyl sites for hydroxylation is 1. The largest absolute Gasteiger partial charge is 0.313 e. The zero-order valence-electron chi connectivity index (χ0n) is 14.9. The normalized spacial score (nSPS) is 14.1.